The SMILES string of the molecule is C[C@H]1CN([C@@H](C)CO)C(=O)c2cccc(NC(=O)C3CC3)c2O[C@@H]1CN(C)C. The highest BCUT2D eigenvalue weighted by atomic mass is 16.5. The van der Waals surface area contributed by atoms with Crippen molar-refractivity contribution in [2.75, 3.05) is 39.1 Å². The maximum absolute atomic E-state index is 13.3. The molecule has 2 aliphatic rings. The summed E-state index contributed by atoms with van der Waals surface area (Å²) in [6, 6.07) is 4.97. The third kappa shape index (κ3) is 4.47. The summed E-state index contributed by atoms with van der Waals surface area (Å²) in [4.78, 5) is 29.4. The molecule has 7 heteroatoms. The van der Waals surface area contributed by atoms with Crippen LogP contribution in [0, 0.1) is 11.8 Å². The van der Waals surface area contributed by atoms with E-state index in [1.54, 1.807) is 23.1 Å². The first-order valence-corrected chi connectivity index (χ1v) is 9.98. The summed E-state index contributed by atoms with van der Waals surface area (Å²) in [6.45, 7) is 4.96. The first-order valence-electron chi connectivity index (χ1n) is 9.98. The molecule has 0 unspecified atom stereocenters. The fraction of sp³-hybridized carbons (Fsp3) is 0.619. The number of benzene rings is 1. The number of likely N-dealkylation sites (N-methyl/N-ethyl adjacent to an activating group) is 1. The van der Waals surface area contributed by atoms with E-state index in [0.717, 1.165) is 12.8 Å². The Morgan fingerprint density at radius 3 is 2.71 bits per heavy atom. The van der Waals surface area contributed by atoms with Crippen molar-refractivity contribution in [1.29, 1.82) is 0 Å². The van der Waals surface area contributed by atoms with E-state index in [9.17, 15) is 14.7 Å². The van der Waals surface area contributed by atoms with Crippen molar-refractivity contribution in [3.05, 3.63) is 23.8 Å². The Kier molecular flexibility index (Phi) is 6.25. The molecule has 1 heterocycles. The highest BCUT2D eigenvalue weighted by molar-refractivity contribution is 6.02. The van der Waals surface area contributed by atoms with Crippen molar-refractivity contribution >= 4 is 17.5 Å². The van der Waals surface area contributed by atoms with E-state index < -0.39 is 0 Å². The second kappa shape index (κ2) is 8.49. The van der Waals surface area contributed by atoms with Gasteiger partial charge in [0.05, 0.1) is 23.9 Å². The molecule has 3 rings (SSSR count). The van der Waals surface area contributed by atoms with E-state index in [1.807, 2.05) is 21.0 Å². The van der Waals surface area contributed by atoms with Crippen molar-refractivity contribution in [1.82, 2.24) is 9.80 Å². The third-order valence-electron chi connectivity index (χ3n) is 5.44. The van der Waals surface area contributed by atoms with Gasteiger partial charge in [-0.3, -0.25) is 9.59 Å². The number of nitrogens with one attached hydrogen (secondary N) is 1. The number of hydrogen-bond donors (Lipinski definition) is 2. The minimum Gasteiger partial charge on any atom is -0.486 e. The van der Waals surface area contributed by atoms with Crippen molar-refractivity contribution in [3.8, 4) is 5.75 Å². The van der Waals surface area contributed by atoms with Crippen LogP contribution in [0.1, 0.15) is 37.0 Å². The predicted molar refractivity (Wildman–Crippen MR) is 108 cm³/mol. The van der Waals surface area contributed by atoms with Crippen molar-refractivity contribution in [2.24, 2.45) is 11.8 Å². The maximum atomic E-state index is 13.3. The van der Waals surface area contributed by atoms with Gasteiger partial charge in [-0.15, -0.1) is 0 Å². The molecule has 0 bridgehead atoms. The molecule has 7 nitrogen and oxygen atoms in total. The lowest BCUT2D eigenvalue weighted by Gasteiger charge is -2.38. The zero-order valence-corrected chi connectivity index (χ0v) is 17.1. The molecule has 2 amide bonds. The van der Waals surface area contributed by atoms with Gasteiger partial charge in [0.25, 0.3) is 5.91 Å². The number of rotatable bonds is 6. The molecule has 0 saturated heterocycles. The predicted octanol–water partition coefficient (Wildman–Crippen LogP) is 1.82. The molecule has 0 aromatic heterocycles. The quantitative estimate of drug-likeness (QED) is 0.776. The van der Waals surface area contributed by atoms with Gasteiger partial charge >= 0.3 is 0 Å². The van der Waals surface area contributed by atoms with Gasteiger partial charge in [0.2, 0.25) is 5.91 Å². The van der Waals surface area contributed by atoms with Crippen LogP contribution < -0.4 is 10.1 Å². The number of para-hydroxylation sites is 1. The molecular weight excluding hydrogens is 358 g/mol. The number of aliphatic hydroxyl groups is 1. The molecule has 1 aromatic rings. The Bertz CT molecular complexity index is 732. The second-order valence-electron chi connectivity index (χ2n) is 8.33. The van der Waals surface area contributed by atoms with Crippen LogP contribution >= 0.6 is 0 Å². The molecule has 0 radical (unpaired) electrons. The molecule has 28 heavy (non-hydrogen) atoms. The Balaban J connectivity index is 2.02. The van der Waals surface area contributed by atoms with Gasteiger partial charge in [0.15, 0.2) is 5.75 Å². The Morgan fingerprint density at radius 2 is 2.11 bits per heavy atom. The monoisotopic (exact) mass is 389 g/mol. The summed E-state index contributed by atoms with van der Waals surface area (Å²) in [5.41, 5.74) is 0.960. The van der Waals surface area contributed by atoms with Crippen LogP contribution in [0.2, 0.25) is 0 Å². The molecule has 0 spiro atoms. The third-order valence-corrected chi connectivity index (χ3v) is 5.44. The average Bonchev–Trinajstić information content (AvgIpc) is 3.49. The Morgan fingerprint density at radius 1 is 1.39 bits per heavy atom. The van der Waals surface area contributed by atoms with Gasteiger partial charge < -0.3 is 25.0 Å². The van der Waals surface area contributed by atoms with Crippen LogP contribution in [-0.4, -0.2) is 72.7 Å². The first-order chi connectivity index (χ1) is 13.3. The smallest absolute Gasteiger partial charge is 0.258 e. The van der Waals surface area contributed by atoms with E-state index in [0.29, 0.717) is 30.1 Å². The minimum absolute atomic E-state index is 0.0238. The topological polar surface area (TPSA) is 82.1 Å². The fourth-order valence-electron chi connectivity index (χ4n) is 3.50. The zero-order valence-electron chi connectivity index (χ0n) is 17.1. The number of fused-ring (bicyclic) bond motifs is 1. The first kappa shape index (κ1) is 20.6. The maximum Gasteiger partial charge on any atom is 0.258 e. The molecule has 1 aliphatic heterocycles. The van der Waals surface area contributed by atoms with Crippen LogP contribution in [0.15, 0.2) is 18.2 Å². The van der Waals surface area contributed by atoms with E-state index in [2.05, 4.69) is 17.1 Å². The number of hydrogen-bond acceptors (Lipinski definition) is 5. The number of carbonyl (C=O) groups is 2. The highest BCUT2D eigenvalue weighted by Crippen LogP contribution is 2.37. The summed E-state index contributed by atoms with van der Waals surface area (Å²) in [7, 11) is 3.96. The van der Waals surface area contributed by atoms with Crippen LogP contribution in [0.3, 0.4) is 0 Å². The van der Waals surface area contributed by atoms with Crippen molar-refractivity contribution < 1.29 is 19.4 Å². The standard InChI is InChI=1S/C21H31N3O4/c1-13-10-24(14(2)12-25)21(27)16-6-5-7-17(22-20(26)15-8-9-15)19(16)28-18(13)11-23(3)4/h5-7,13-15,18,25H,8-12H2,1-4H3,(H,22,26)/t13-,14-,18+/m0/s1. The molecular formula is C21H31N3O4. The lowest BCUT2D eigenvalue weighted by molar-refractivity contribution is -0.117. The number of aliphatic hydroxyl groups excluding tert-OH is 1. The number of nitrogens with zero attached hydrogens (tertiary/aromatic N) is 2. The zero-order chi connectivity index (χ0) is 20.4. The Hall–Kier alpha value is -2.12. The van der Waals surface area contributed by atoms with Crippen molar-refractivity contribution in [2.45, 2.75) is 38.8 Å². The van der Waals surface area contributed by atoms with Crippen LogP contribution in [0.5, 0.6) is 5.75 Å². The number of anilines is 1. The van der Waals surface area contributed by atoms with Gasteiger partial charge in [-0.05, 0) is 46.0 Å². The van der Waals surface area contributed by atoms with Gasteiger partial charge in [0.1, 0.15) is 6.10 Å². The van der Waals surface area contributed by atoms with E-state index in [4.69, 9.17) is 4.74 Å². The molecule has 3 atom stereocenters. The number of ether oxygens (including phenoxy) is 1. The largest absolute Gasteiger partial charge is 0.486 e. The molecule has 1 fully saturated rings. The summed E-state index contributed by atoms with van der Waals surface area (Å²) < 4.78 is 6.36. The molecule has 154 valence electrons. The van der Waals surface area contributed by atoms with Gasteiger partial charge in [-0.25, -0.2) is 0 Å². The lowest BCUT2D eigenvalue weighted by atomic mass is 9.99. The summed E-state index contributed by atoms with van der Waals surface area (Å²) in [6.07, 6.45) is 1.65. The molecule has 1 aromatic carbocycles. The summed E-state index contributed by atoms with van der Waals surface area (Å²) in [5.74, 6) is 0.330. The van der Waals surface area contributed by atoms with E-state index in [1.165, 1.54) is 0 Å². The molecule has 2 N–H and O–H groups in total. The number of amides is 2. The van der Waals surface area contributed by atoms with Gasteiger partial charge in [-0.2, -0.15) is 0 Å². The van der Waals surface area contributed by atoms with Crippen LogP contribution in [0.25, 0.3) is 0 Å². The van der Waals surface area contributed by atoms with Crippen molar-refractivity contribution in [3.63, 3.8) is 0 Å². The number of carbonyl (C=O) groups excluding carboxylic acids is 2. The molecule has 1 aliphatic carbocycles. The normalized spacial score (nSPS) is 23.5. The minimum atomic E-state index is -0.300. The van der Waals surface area contributed by atoms with E-state index in [-0.39, 0.29) is 42.4 Å². The second-order valence-corrected chi connectivity index (χ2v) is 8.33. The summed E-state index contributed by atoms with van der Waals surface area (Å²) in [5, 5.41) is 12.6. The van der Waals surface area contributed by atoms with Gasteiger partial charge in [0, 0.05) is 24.9 Å². The highest BCUT2D eigenvalue weighted by Gasteiger charge is 2.35. The molecule has 1 saturated carbocycles. The average molecular weight is 389 g/mol. The lowest BCUT2D eigenvalue weighted by Crippen LogP contribution is -2.49. The van der Waals surface area contributed by atoms with Gasteiger partial charge in [-0.1, -0.05) is 13.0 Å². The summed E-state index contributed by atoms with van der Waals surface area (Å²) >= 11 is 0. The van der Waals surface area contributed by atoms with Crippen LogP contribution in [-0.2, 0) is 4.79 Å². The fourth-order valence-corrected chi connectivity index (χ4v) is 3.50. The van der Waals surface area contributed by atoms with Crippen LogP contribution in [0.4, 0.5) is 5.69 Å². The van der Waals surface area contributed by atoms with E-state index >= 15 is 0 Å². The Labute approximate surface area is 166 Å².